The van der Waals surface area contributed by atoms with Gasteiger partial charge < -0.3 is 14.2 Å². The minimum atomic E-state index is -0.120. The van der Waals surface area contributed by atoms with Crippen LogP contribution >= 0.6 is 0 Å². The Labute approximate surface area is 135 Å². The van der Waals surface area contributed by atoms with Gasteiger partial charge in [0.2, 0.25) is 5.75 Å². The summed E-state index contributed by atoms with van der Waals surface area (Å²) in [6, 6.07) is 7.03. The molecule has 0 saturated heterocycles. The van der Waals surface area contributed by atoms with Gasteiger partial charge in [-0.25, -0.2) is 0 Å². The number of ether oxygens (including phenoxy) is 3. The van der Waals surface area contributed by atoms with Crippen LogP contribution in [-0.4, -0.2) is 31.6 Å². The predicted octanol–water partition coefficient (Wildman–Crippen LogP) is 3.39. The zero-order chi connectivity index (χ0) is 16.7. The maximum absolute atomic E-state index is 12.1. The highest BCUT2D eigenvalue weighted by molar-refractivity contribution is 6.06. The zero-order valence-corrected chi connectivity index (χ0v) is 13.4. The summed E-state index contributed by atoms with van der Waals surface area (Å²) in [5, 5.41) is 0. The second-order valence-corrected chi connectivity index (χ2v) is 4.63. The molecule has 0 aliphatic rings. The standard InChI is InChI=1S/C18H19NO4/c1-4-23-18-16(21-2)10-13(11-17(18)22-3)7-8-15(20)14-6-5-9-19-12-14/h5-12H,4H2,1-3H3/b8-7-. The van der Waals surface area contributed by atoms with E-state index in [4.69, 9.17) is 14.2 Å². The Kier molecular flexibility index (Phi) is 5.74. The average molecular weight is 313 g/mol. The van der Waals surface area contributed by atoms with E-state index in [0.29, 0.717) is 29.4 Å². The molecule has 0 unspecified atom stereocenters. The molecule has 0 atom stereocenters. The zero-order valence-electron chi connectivity index (χ0n) is 13.4. The van der Waals surface area contributed by atoms with Gasteiger partial charge in [-0.3, -0.25) is 9.78 Å². The number of carbonyl (C=O) groups is 1. The van der Waals surface area contributed by atoms with Gasteiger partial charge in [0.15, 0.2) is 17.3 Å². The van der Waals surface area contributed by atoms with Gasteiger partial charge in [-0.2, -0.15) is 0 Å². The van der Waals surface area contributed by atoms with E-state index in [-0.39, 0.29) is 5.78 Å². The quantitative estimate of drug-likeness (QED) is 0.579. The molecular formula is C18H19NO4. The third kappa shape index (κ3) is 4.10. The van der Waals surface area contributed by atoms with E-state index in [1.54, 1.807) is 50.8 Å². The van der Waals surface area contributed by atoms with Gasteiger partial charge in [-0.15, -0.1) is 0 Å². The first-order valence-corrected chi connectivity index (χ1v) is 7.20. The third-order valence-electron chi connectivity index (χ3n) is 3.14. The molecule has 23 heavy (non-hydrogen) atoms. The highest BCUT2D eigenvalue weighted by atomic mass is 16.5. The van der Waals surface area contributed by atoms with Gasteiger partial charge in [0.05, 0.1) is 20.8 Å². The van der Waals surface area contributed by atoms with Crippen LogP contribution in [-0.2, 0) is 0 Å². The molecule has 1 aromatic carbocycles. The number of methoxy groups -OCH3 is 2. The summed E-state index contributed by atoms with van der Waals surface area (Å²) in [6.07, 6.45) is 6.36. The number of hydrogen-bond acceptors (Lipinski definition) is 5. The lowest BCUT2D eigenvalue weighted by Crippen LogP contribution is -1.99. The van der Waals surface area contributed by atoms with Crippen LogP contribution in [0.25, 0.3) is 6.08 Å². The minimum absolute atomic E-state index is 0.120. The highest BCUT2D eigenvalue weighted by Gasteiger charge is 2.13. The van der Waals surface area contributed by atoms with Crippen LogP contribution in [0.15, 0.2) is 42.7 Å². The van der Waals surface area contributed by atoms with E-state index in [9.17, 15) is 4.79 Å². The molecule has 5 heteroatoms. The van der Waals surface area contributed by atoms with Crippen molar-refractivity contribution in [2.75, 3.05) is 20.8 Å². The second kappa shape index (κ2) is 7.98. The van der Waals surface area contributed by atoms with E-state index in [2.05, 4.69) is 4.98 Å². The van der Waals surface area contributed by atoms with Gasteiger partial charge in [0, 0.05) is 18.0 Å². The van der Waals surface area contributed by atoms with Crippen LogP contribution in [0.5, 0.6) is 17.2 Å². The summed E-state index contributed by atoms with van der Waals surface area (Å²) in [5.74, 6) is 1.54. The van der Waals surface area contributed by atoms with E-state index in [1.807, 2.05) is 6.92 Å². The van der Waals surface area contributed by atoms with Crippen molar-refractivity contribution < 1.29 is 19.0 Å². The van der Waals surface area contributed by atoms with Gasteiger partial charge in [-0.05, 0) is 42.8 Å². The van der Waals surface area contributed by atoms with Crippen LogP contribution in [0.2, 0.25) is 0 Å². The summed E-state index contributed by atoms with van der Waals surface area (Å²) in [5.41, 5.74) is 1.31. The number of carbonyl (C=O) groups excluding carboxylic acids is 1. The largest absolute Gasteiger partial charge is 0.493 e. The molecule has 0 bridgehead atoms. The first kappa shape index (κ1) is 16.5. The lowest BCUT2D eigenvalue weighted by atomic mass is 10.1. The molecule has 0 radical (unpaired) electrons. The van der Waals surface area contributed by atoms with Crippen LogP contribution in [0.1, 0.15) is 22.8 Å². The van der Waals surface area contributed by atoms with Gasteiger partial charge in [-0.1, -0.05) is 6.08 Å². The maximum atomic E-state index is 12.1. The topological polar surface area (TPSA) is 57.7 Å². The third-order valence-corrected chi connectivity index (χ3v) is 3.14. The van der Waals surface area contributed by atoms with Gasteiger partial charge in [0.1, 0.15) is 0 Å². The minimum Gasteiger partial charge on any atom is -0.493 e. The van der Waals surface area contributed by atoms with Crippen molar-refractivity contribution in [2.45, 2.75) is 6.92 Å². The number of nitrogens with zero attached hydrogens (tertiary/aromatic N) is 1. The Morgan fingerprint density at radius 1 is 1.22 bits per heavy atom. The van der Waals surface area contributed by atoms with E-state index >= 15 is 0 Å². The van der Waals surface area contributed by atoms with Crippen molar-refractivity contribution in [1.82, 2.24) is 4.98 Å². The van der Waals surface area contributed by atoms with Crippen molar-refractivity contribution >= 4 is 11.9 Å². The molecule has 120 valence electrons. The second-order valence-electron chi connectivity index (χ2n) is 4.63. The first-order chi connectivity index (χ1) is 11.2. The highest BCUT2D eigenvalue weighted by Crippen LogP contribution is 2.38. The summed E-state index contributed by atoms with van der Waals surface area (Å²) in [4.78, 5) is 16.0. The molecule has 0 amide bonds. The monoisotopic (exact) mass is 313 g/mol. The Morgan fingerprint density at radius 3 is 2.43 bits per heavy atom. The number of aromatic nitrogens is 1. The van der Waals surface area contributed by atoms with Crippen molar-refractivity contribution in [3.63, 3.8) is 0 Å². The number of rotatable bonds is 7. The van der Waals surface area contributed by atoms with E-state index in [0.717, 1.165) is 5.56 Å². The molecule has 1 heterocycles. The summed E-state index contributed by atoms with van der Waals surface area (Å²) in [7, 11) is 3.12. The lowest BCUT2D eigenvalue weighted by Gasteiger charge is -2.14. The fourth-order valence-corrected chi connectivity index (χ4v) is 2.06. The molecule has 0 aliphatic heterocycles. The van der Waals surface area contributed by atoms with Crippen LogP contribution in [0.3, 0.4) is 0 Å². The SMILES string of the molecule is CCOc1c(OC)cc(/C=C\C(=O)c2cccnc2)cc1OC. The Bertz CT molecular complexity index is 670. The first-order valence-electron chi connectivity index (χ1n) is 7.20. The number of allylic oxidation sites excluding steroid dienone is 1. The molecule has 0 N–H and O–H groups in total. The molecule has 1 aromatic heterocycles. The molecule has 0 saturated carbocycles. The van der Waals surface area contributed by atoms with Crippen molar-refractivity contribution in [3.8, 4) is 17.2 Å². The molecular weight excluding hydrogens is 294 g/mol. The number of benzene rings is 1. The maximum Gasteiger partial charge on any atom is 0.203 e. The molecule has 0 aliphatic carbocycles. The molecule has 2 aromatic rings. The van der Waals surface area contributed by atoms with Crippen molar-refractivity contribution in [2.24, 2.45) is 0 Å². The van der Waals surface area contributed by atoms with Gasteiger partial charge in [0.25, 0.3) is 0 Å². The van der Waals surface area contributed by atoms with Crippen molar-refractivity contribution in [1.29, 1.82) is 0 Å². The fraction of sp³-hybridized carbons (Fsp3) is 0.222. The number of ketones is 1. The Balaban J connectivity index is 2.29. The number of hydrogen-bond donors (Lipinski definition) is 0. The van der Waals surface area contributed by atoms with Crippen LogP contribution < -0.4 is 14.2 Å². The van der Waals surface area contributed by atoms with Crippen LogP contribution in [0.4, 0.5) is 0 Å². The van der Waals surface area contributed by atoms with Gasteiger partial charge >= 0.3 is 0 Å². The lowest BCUT2D eigenvalue weighted by molar-refractivity contribution is 0.104. The fourth-order valence-electron chi connectivity index (χ4n) is 2.06. The number of pyridine rings is 1. The normalized spacial score (nSPS) is 10.6. The van der Waals surface area contributed by atoms with Crippen molar-refractivity contribution in [3.05, 3.63) is 53.9 Å². The molecule has 5 nitrogen and oxygen atoms in total. The Hall–Kier alpha value is -2.82. The van der Waals surface area contributed by atoms with E-state index in [1.165, 1.54) is 12.3 Å². The average Bonchev–Trinajstić information content (AvgIpc) is 2.61. The smallest absolute Gasteiger partial charge is 0.203 e. The van der Waals surface area contributed by atoms with E-state index < -0.39 is 0 Å². The molecule has 0 spiro atoms. The van der Waals surface area contributed by atoms with Crippen LogP contribution in [0, 0.1) is 0 Å². The summed E-state index contributed by atoms with van der Waals surface area (Å²) < 4.78 is 16.2. The Morgan fingerprint density at radius 2 is 1.91 bits per heavy atom. The predicted molar refractivity (Wildman–Crippen MR) is 88.3 cm³/mol. The summed E-state index contributed by atoms with van der Waals surface area (Å²) in [6.45, 7) is 2.39. The summed E-state index contributed by atoms with van der Waals surface area (Å²) >= 11 is 0. The molecule has 0 fully saturated rings. The molecule has 2 rings (SSSR count).